The van der Waals surface area contributed by atoms with Crippen molar-refractivity contribution in [1.29, 1.82) is 0 Å². The van der Waals surface area contributed by atoms with Gasteiger partial charge >= 0.3 is 5.97 Å². The van der Waals surface area contributed by atoms with Crippen LogP contribution in [0.3, 0.4) is 0 Å². The van der Waals surface area contributed by atoms with Gasteiger partial charge in [0.15, 0.2) is 12.6 Å². The Morgan fingerprint density at radius 1 is 1.00 bits per heavy atom. The number of hydrogen-bond donors (Lipinski definition) is 1. The first-order chi connectivity index (χ1) is 20.0. The van der Waals surface area contributed by atoms with Crippen LogP contribution in [0.2, 0.25) is 0 Å². The third-order valence-corrected chi connectivity index (χ3v) is 9.09. The summed E-state index contributed by atoms with van der Waals surface area (Å²) in [4.78, 5) is 11.4. The zero-order chi connectivity index (χ0) is 28.9. The van der Waals surface area contributed by atoms with E-state index in [-0.39, 0.29) is 48.5 Å². The third kappa shape index (κ3) is 11.3. The van der Waals surface area contributed by atoms with Gasteiger partial charge in [0.25, 0.3) is 0 Å². The van der Waals surface area contributed by atoms with Crippen molar-refractivity contribution < 1.29 is 33.6 Å². The van der Waals surface area contributed by atoms with Crippen molar-refractivity contribution in [3.63, 3.8) is 0 Å². The highest BCUT2D eigenvalue weighted by molar-refractivity contribution is 5.68. The number of rotatable bonds is 15. The minimum atomic E-state index is -0.406. The number of unbranched alkanes of at least 4 members (excludes halogenated alkanes) is 3. The van der Waals surface area contributed by atoms with Gasteiger partial charge in [-0.3, -0.25) is 4.79 Å². The number of esters is 1. The van der Waals surface area contributed by atoms with Crippen molar-refractivity contribution >= 4 is 5.97 Å². The fourth-order valence-electron chi connectivity index (χ4n) is 6.33. The summed E-state index contributed by atoms with van der Waals surface area (Å²) in [5, 5.41) is 11.2. The minimum absolute atomic E-state index is 0.0785. The van der Waals surface area contributed by atoms with Crippen molar-refractivity contribution in [2.45, 2.75) is 141 Å². The van der Waals surface area contributed by atoms with Crippen LogP contribution in [0, 0.1) is 35.5 Å². The molecule has 4 aliphatic rings. The molecule has 2 aliphatic heterocycles. The summed E-state index contributed by atoms with van der Waals surface area (Å²) in [5.41, 5.74) is 0. The summed E-state index contributed by atoms with van der Waals surface area (Å²) in [6, 6.07) is 0. The lowest BCUT2D eigenvalue weighted by Crippen LogP contribution is -2.32. The summed E-state index contributed by atoms with van der Waals surface area (Å²) in [5.74, 6) is 7.72. The SMILES string of the molecule is COC(=O)CCCCCC[C@@H]1[C@@H](/C=C/[C@@H](OC2CCCCO2)[C@@H](C)CC#CC2CC2)[C@H](OC2CCCCO2)C[C@@H]1O. The van der Waals surface area contributed by atoms with E-state index in [2.05, 4.69) is 30.9 Å². The summed E-state index contributed by atoms with van der Waals surface area (Å²) in [7, 11) is 1.44. The fourth-order valence-corrected chi connectivity index (χ4v) is 6.33. The fraction of sp³-hybridized carbons (Fsp3) is 0.853. The van der Waals surface area contributed by atoms with Gasteiger partial charge in [0.05, 0.1) is 25.4 Å². The third-order valence-electron chi connectivity index (χ3n) is 9.09. The van der Waals surface area contributed by atoms with Gasteiger partial charge in [-0.25, -0.2) is 0 Å². The van der Waals surface area contributed by atoms with E-state index < -0.39 is 6.10 Å². The molecule has 7 heteroatoms. The predicted octanol–water partition coefficient (Wildman–Crippen LogP) is 6.32. The number of hydrogen-bond acceptors (Lipinski definition) is 7. The van der Waals surface area contributed by atoms with Crippen LogP contribution in [0.5, 0.6) is 0 Å². The van der Waals surface area contributed by atoms with Crippen LogP contribution >= 0.6 is 0 Å². The molecule has 2 saturated heterocycles. The predicted molar refractivity (Wildman–Crippen MR) is 158 cm³/mol. The van der Waals surface area contributed by atoms with Gasteiger partial charge in [-0.05, 0) is 76.0 Å². The molecule has 4 rings (SSSR count). The smallest absolute Gasteiger partial charge is 0.305 e. The molecule has 0 radical (unpaired) electrons. The van der Waals surface area contributed by atoms with Crippen LogP contribution in [0.15, 0.2) is 12.2 Å². The topological polar surface area (TPSA) is 83.5 Å². The van der Waals surface area contributed by atoms with E-state index in [1.807, 2.05) is 0 Å². The molecule has 1 N–H and O–H groups in total. The second-order valence-corrected chi connectivity index (χ2v) is 12.6. The number of carbonyl (C=O) groups is 1. The Labute approximate surface area is 248 Å². The average molecular weight is 575 g/mol. The molecule has 2 heterocycles. The number of methoxy groups -OCH3 is 1. The van der Waals surface area contributed by atoms with Crippen LogP contribution < -0.4 is 0 Å². The molecular weight excluding hydrogens is 520 g/mol. The first kappa shape index (κ1) is 32.5. The van der Waals surface area contributed by atoms with Crippen molar-refractivity contribution in [2.24, 2.45) is 23.7 Å². The second kappa shape index (κ2) is 17.6. The summed E-state index contributed by atoms with van der Waals surface area (Å²) in [6.07, 6.45) is 19.0. The maximum atomic E-state index is 11.4. The molecule has 0 aromatic heterocycles. The molecule has 8 atom stereocenters. The van der Waals surface area contributed by atoms with Crippen LogP contribution in [-0.4, -0.2) is 62.3 Å². The van der Waals surface area contributed by atoms with Crippen molar-refractivity contribution in [3.8, 4) is 11.8 Å². The molecule has 7 nitrogen and oxygen atoms in total. The van der Waals surface area contributed by atoms with E-state index in [9.17, 15) is 9.90 Å². The molecule has 0 aromatic carbocycles. The number of carbonyl (C=O) groups excluding carboxylic acids is 1. The van der Waals surface area contributed by atoms with E-state index in [1.54, 1.807) is 0 Å². The van der Waals surface area contributed by atoms with Crippen molar-refractivity contribution in [1.82, 2.24) is 0 Å². The zero-order valence-corrected chi connectivity index (χ0v) is 25.5. The minimum Gasteiger partial charge on any atom is -0.469 e. The van der Waals surface area contributed by atoms with E-state index in [0.29, 0.717) is 18.8 Å². The second-order valence-electron chi connectivity index (χ2n) is 12.6. The summed E-state index contributed by atoms with van der Waals surface area (Å²) >= 11 is 0. The Morgan fingerprint density at radius 3 is 2.41 bits per heavy atom. The Balaban J connectivity index is 1.41. The number of aliphatic hydroxyl groups is 1. The van der Waals surface area contributed by atoms with Gasteiger partial charge in [0, 0.05) is 44.3 Å². The number of aliphatic hydroxyl groups excluding tert-OH is 1. The van der Waals surface area contributed by atoms with E-state index in [4.69, 9.17) is 23.7 Å². The van der Waals surface area contributed by atoms with Gasteiger partial charge in [-0.1, -0.05) is 44.3 Å². The lowest BCUT2D eigenvalue weighted by molar-refractivity contribution is -0.193. The van der Waals surface area contributed by atoms with Gasteiger partial charge in [0.1, 0.15) is 0 Å². The maximum absolute atomic E-state index is 11.4. The Kier molecular flexibility index (Phi) is 14.0. The highest BCUT2D eigenvalue weighted by atomic mass is 16.7. The van der Waals surface area contributed by atoms with Crippen LogP contribution in [0.4, 0.5) is 0 Å². The monoisotopic (exact) mass is 574 g/mol. The standard InChI is InChI=1S/C34H54O7/c1-25(12-11-13-26-18-19-26)30(40-33-16-7-9-22-38-33)21-20-28-27(14-5-3-4-6-15-32(36)37-2)29(35)24-31(28)41-34-17-8-10-23-39-34/h20-21,25-31,33-35H,3-10,12,14-19,22-24H2,1-2H3/b21-20+/t25-,27+,28+,29-,30+,31+,33?,34?/m0/s1. The van der Waals surface area contributed by atoms with Gasteiger partial charge in [-0.15, -0.1) is 5.92 Å². The molecule has 0 bridgehead atoms. The molecular formula is C34H54O7. The Hall–Kier alpha value is -1.43. The van der Waals surface area contributed by atoms with Crippen LogP contribution in [0.25, 0.3) is 0 Å². The molecule has 2 unspecified atom stereocenters. The average Bonchev–Trinajstić information content (AvgIpc) is 3.77. The van der Waals surface area contributed by atoms with Gasteiger partial charge < -0.3 is 28.8 Å². The zero-order valence-electron chi connectivity index (χ0n) is 25.5. The highest BCUT2D eigenvalue weighted by Crippen LogP contribution is 2.40. The first-order valence-electron chi connectivity index (χ1n) is 16.5. The van der Waals surface area contributed by atoms with E-state index in [1.165, 1.54) is 20.0 Å². The molecule has 0 aromatic rings. The van der Waals surface area contributed by atoms with Gasteiger partial charge in [-0.2, -0.15) is 0 Å². The van der Waals surface area contributed by atoms with Crippen molar-refractivity contribution in [3.05, 3.63) is 12.2 Å². The summed E-state index contributed by atoms with van der Waals surface area (Å²) in [6.45, 7) is 3.72. The van der Waals surface area contributed by atoms with E-state index >= 15 is 0 Å². The van der Waals surface area contributed by atoms with E-state index in [0.717, 1.165) is 90.3 Å². The lowest BCUT2D eigenvalue weighted by Gasteiger charge is -2.31. The normalized spacial score (nSPS) is 31.9. The highest BCUT2D eigenvalue weighted by Gasteiger charge is 2.43. The summed E-state index contributed by atoms with van der Waals surface area (Å²) < 4.78 is 29.7. The molecule has 0 spiro atoms. The lowest BCUT2D eigenvalue weighted by atomic mass is 9.87. The number of ether oxygens (including phenoxy) is 5. The molecule has 41 heavy (non-hydrogen) atoms. The van der Waals surface area contributed by atoms with Crippen molar-refractivity contribution in [2.75, 3.05) is 20.3 Å². The molecule has 2 aliphatic carbocycles. The van der Waals surface area contributed by atoms with Crippen LogP contribution in [0.1, 0.15) is 110 Å². The largest absolute Gasteiger partial charge is 0.469 e. The quantitative estimate of drug-likeness (QED) is 0.106. The van der Waals surface area contributed by atoms with Crippen LogP contribution in [-0.2, 0) is 28.5 Å². The molecule has 2 saturated carbocycles. The van der Waals surface area contributed by atoms with Gasteiger partial charge in [0.2, 0.25) is 0 Å². The first-order valence-corrected chi connectivity index (χ1v) is 16.5. The molecule has 0 amide bonds. The Morgan fingerprint density at radius 2 is 1.73 bits per heavy atom. The molecule has 232 valence electrons. The maximum Gasteiger partial charge on any atom is 0.305 e. The molecule has 4 fully saturated rings. The Bertz CT molecular complexity index is 847.